The Balaban J connectivity index is 1.51. The smallest absolute Gasteiger partial charge is 0.341 e. The molecular weight excluding hydrogens is 410 g/mol. The molecule has 0 fully saturated rings. The number of hydrogen-bond donors (Lipinski definition) is 1. The second kappa shape index (κ2) is 9.30. The van der Waals surface area contributed by atoms with E-state index < -0.39 is 24.0 Å². The summed E-state index contributed by atoms with van der Waals surface area (Å²) in [6.07, 6.45) is 0. The summed E-state index contributed by atoms with van der Waals surface area (Å²) in [5, 5.41) is 2.83. The SMILES string of the molecule is CCN(CC)c1ccc(C2NC(=O)N=C(C)C2C(=O)OCc2ccc3c(c2)OCO3)cc1. The van der Waals surface area contributed by atoms with Gasteiger partial charge < -0.3 is 24.4 Å². The average Bonchev–Trinajstić information content (AvgIpc) is 3.26. The highest BCUT2D eigenvalue weighted by Gasteiger charge is 2.38. The molecular formula is C24H27N3O5. The second-order valence-corrected chi connectivity index (χ2v) is 7.72. The van der Waals surface area contributed by atoms with Gasteiger partial charge in [-0.25, -0.2) is 9.79 Å². The van der Waals surface area contributed by atoms with E-state index in [0.29, 0.717) is 17.2 Å². The molecule has 0 saturated heterocycles. The van der Waals surface area contributed by atoms with Crippen LogP contribution < -0.4 is 19.7 Å². The molecule has 2 unspecified atom stereocenters. The van der Waals surface area contributed by atoms with E-state index in [2.05, 4.69) is 29.1 Å². The molecule has 0 aromatic heterocycles. The Morgan fingerprint density at radius 2 is 1.84 bits per heavy atom. The zero-order valence-electron chi connectivity index (χ0n) is 18.5. The molecule has 2 aliphatic rings. The van der Waals surface area contributed by atoms with Gasteiger partial charge in [0.15, 0.2) is 11.5 Å². The van der Waals surface area contributed by atoms with E-state index in [-0.39, 0.29) is 13.4 Å². The first-order valence-electron chi connectivity index (χ1n) is 10.8. The minimum absolute atomic E-state index is 0.0841. The van der Waals surface area contributed by atoms with Gasteiger partial charge in [0.2, 0.25) is 6.79 Å². The van der Waals surface area contributed by atoms with Crippen molar-refractivity contribution in [2.24, 2.45) is 10.9 Å². The van der Waals surface area contributed by atoms with Crippen molar-refractivity contribution in [3.63, 3.8) is 0 Å². The second-order valence-electron chi connectivity index (χ2n) is 7.72. The minimum Gasteiger partial charge on any atom is -0.460 e. The zero-order chi connectivity index (χ0) is 22.7. The van der Waals surface area contributed by atoms with Crippen LogP contribution in [0.25, 0.3) is 0 Å². The lowest BCUT2D eigenvalue weighted by molar-refractivity contribution is -0.148. The largest absolute Gasteiger partial charge is 0.460 e. The molecule has 4 rings (SSSR count). The van der Waals surface area contributed by atoms with E-state index in [1.54, 1.807) is 19.1 Å². The molecule has 2 amide bonds. The van der Waals surface area contributed by atoms with Crippen molar-refractivity contribution in [1.29, 1.82) is 0 Å². The Morgan fingerprint density at radius 1 is 1.12 bits per heavy atom. The Hall–Kier alpha value is -3.55. The maximum absolute atomic E-state index is 13.1. The van der Waals surface area contributed by atoms with Crippen molar-refractivity contribution in [2.75, 3.05) is 24.8 Å². The maximum Gasteiger partial charge on any atom is 0.341 e. The molecule has 32 heavy (non-hydrogen) atoms. The number of urea groups is 1. The van der Waals surface area contributed by atoms with Crippen LogP contribution in [0.1, 0.15) is 37.9 Å². The van der Waals surface area contributed by atoms with Crippen LogP contribution in [0.4, 0.5) is 10.5 Å². The van der Waals surface area contributed by atoms with Gasteiger partial charge in [-0.2, -0.15) is 0 Å². The number of nitrogens with zero attached hydrogens (tertiary/aromatic N) is 2. The summed E-state index contributed by atoms with van der Waals surface area (Å²) in [5.41, 5.74) is 3.14. The summed E-state index contributed by atoms with van der Waals surface area (Å²) in [7, 11) is 0. The first-order chi connectivity index (χ1) is 15.5. The van der Waals surface area contributed by atoms with Crippen LogP contribution >= 0.6 is 0 Å². The lowest BCUT2D eigenvalue weighted by Crippen LogP contribution is -2.44. The van der Waals surface area contributed by atoms with E-state index in [9.17, 15) is 9.59 Å². The van der Waals surface area contributed by atoms with Crippen LogP contribution in [-0.2, 0) is 16.1 Å². The fourth-order valence-corrected chi connectivity index (χ4v) is 4.06. The van der Waals surface area contributed by atoms with Gasteiger partial charge in [-0.3, -0.25) is 4.79 Å². The first kappa shape index (κ1) is 21.7. The van der Waals surface area contributed by atoms with Crippen LogP contribution in [0.3, 0.4) is 0 Å². The van der Waals surface area contributed by atoms with Crippen molar-refractivity contribution < 1.29 is 23.8 Å². The van der Waals surface area contributed by atoms with Gasteiger partial charge in [0.05, 0.1) is 6.04 Å². The van der Waals surface area contributed by atoms with Gasteiger partial charge in [0, 0.05) is 24.5 Å². The van der Waals surface area contributed by atoms with Crippen molar-refractivity contribution in [2.45, 2.75) is 33.4 Å². The number of carbonyl (C=O) groups is 2. The molecule has 1 N–H and O–H groups in total. The maximum atomic E-state index is 13.1. The van der Waals surface area contributed by atoms with Gasteiger partial charge in [-0.1, -0.05) is 18.2 Å². The number of nitrogens with one attached hydrogen (secondary N) is 1. The molecule has 2 heterocycles. The standard InChI is InChI=1S/C24H27N3O5/c1-4-27(5-2)18-9-7-17(8-10-18)22-21(15(3)25-24(29)26-22)23(28)30-13-16-6-11-19-20(12-16)32-14-31-19/h6-12,21-22H,4-5,13-14H2,1-3H3,(H,26,29). The number of esters is 1. The normalized spacial score (nSPS) is 19.2. The van der Waals surface area contributed by atoms with Crippen molar-refractivity contribution in [1.82, 2.24) is 5.32 Å². The van der Waals surface area contributed by atoms with Crippen molar-refractivity contribution in [3.05, 3.63) is 53.6 Å². The predicted octanol–water partition coefficient (Wildman–Crippen LogP) is 3.85. The summed E-state index contributed by atoms with van der Waals surface area (Å²) < 4.78 is 16.3. The van der Waals surface area contributed by atoms with E-state index in [1.807, 2.05) is 30.3 Å². The molecule has 0 bridgehead atoms. The summed E-state index contributed by atoms with van der Waals surface area (Å²) in [5.74, 6) is 0.154. The topological polar surface area (TPSA) is 89.5 Å². The third kappa shape index (κ3) is 4.39. The van der Waals surface area contributed by atoms with Gasteiger partial charge in [0.25, 0.3) is 0 Å². The van der Waals surface area contributed by atoms with E-state index in [1.165, 1.54) is 0 Å². The molecule has 2 aromatic carbocycles. The Bertz CT molecular complexity index is 1030. The predicted molar refractivity (Wildman–Crippen MR) is 120 cm³/mol. The number of ether oxygens (including phenoxy) is 3. The number of aliphatic imine (C=N–C) groups is 1. The highest BCUT2D eigenvalue weighted by Crippen LogP contribution is 2.33. The van der Waals surface area contributed by atoms with E-state index >= 15 is 0 Å². The lowest BCUT2D eigenvalue weighted by Gasteiger charge is -2.30. The van der Waals surface area contributed by atoms with Crippen LogP contribution in [0.15, 0.2) is 47.5 Å². The van der Waals surface area contributed by atoms with Crippen LogP contribution in [0.2, 0.25) is 0 Å². The van der Waals surface area contributed by atoms with Crippen LogP contribution in [-0.4, -0.2) is 37.6 Å². The fourth-order valence-electron chi connectivity index (χ4n) is 4.06. The van der Waals surface area contributed by atoms with Gasteiger partial charge in [-0.15, -0.1) is 0 Å². The summed E-state index contributed by atoms with van der Waals surface area (Å²) in [4.78, 5) is 31.3. The number of carbonyl (C=O) groups excluding carboxylic acids is 2. The van der Waals surface area contributed by atoms with Gasteiger partial charge in [-0.05, 0) is 56.2 Å². The quantitative estimate of drug-likeness (QED) is 0.662. The summed E-state index contributed by atoms with van der Waals surface area (Å²) >= 11 is 0. The molecule has 0 aliphatic carbocycles. The minimum atomic E-state index is -0.707. The number of anilines is 1. The summed E-state index contributed by atoms with van der Waals surface area (Å²) in [6.45, 7) is 7.96. The van der Waals surface area contributed by atoms with Gasteiger partial charge >= 0.3 is 12.0 Å². The van der Waals surface area contributed by atoms with Crippen LogP contribution in [0.5, 0.6) is 11.5 Å². The van der Waals surface area contributed by atoms with Gasteiger partial charge in [0.1, 0.15) is 12.5 Å². The van der Waals surface area contributed by atoms with Crippen molar-refractivity contribution in [3.8, 4) is 11.5 Å². The molecule has 0 radical (unpaired) electrons. The monoisotopic (exact) mass is 437 g/mol. The molecule has 2 aromatic rings. The van der Waals surface area contributed by atoms with E-state index in [4.69, 9.17) is 14.2 Å². The molecule has 0 saturated carbocycles. The molecule has 8 heteroatoms. The summed E-state index contributed by atoms with van der Waals surface area (Å²) in [6, 6.07) is 12.3. The first-order valence-corrected chi connectivity index (χ1v) is 10.8. The molecule has 2 aliphatic heterocycles. The average molecular weight is 437 g/mol. The highest BCUT2D eigenvalue weighted by molar-refractivity contribution is 6.08. The lowest BCUT2D eigenvalue weighted by atomic mass is 9.88. The third-order valence-electron chi connectivity index (χ3n) is 5.79. The van der Waals surface area contributed by atoms with E-state index in [0.717, 1.165) is 29.9 Å². The third-order valence-corrected chi connectivity index (χ3v) is 5.79. The molecule has 8 nitrogen and oxygen atoms in total. The molecule has 0 spiro atoms. The Labute approximate surface area is 187 Å². The zero-order valence-corrected chi connectivity index (χ0v) is 18.5. The number of amides is 2. The molecule has 2 atom stereocenters. The van der Waals surface area contributed by atoms with Crippen LogP contribution in [0, 0.1) is 5.92 Å². The number of fused-ring (bicyclic) bond motifs is 1. The Morgan fingerprint density at radius 3 is 2.56 bits per heavy atom. The fraction of sp³-hybridized carbons (Fsp3) is 0.375. The van der Waals surface area contributed by atoms with Crippen molar-refractivity contribution >= 4 is 23.4 Å². The molecule has 168 valence electrons. The Kier molecular flexibility index (Phi) is 6.30. The number of hydrogen-bond acceptors (Lipinski definition) is 6. The number of rotatable bonds is 7. The number of benzene rings is 2. The highest BCUT2D eigenvalue weighted by atomic mass is 16.7.